The summed E-state index contributed by atoms with van der Waals surface area (Å²) < 4.78 is 0. The molecule has 2 aliphatic rings. The number of carbonyl (C=O) groups is 1. The Morgan fingerprint density at radius 2 is 1.88 bits per heavy atom. The van der Waals surface area contributed by atoms with E-state index in [-0.39, 0.29) is 16.9 Å². The van der Waals surface area contributed by atoms with E-state index in [0.29, 0.717) is 5.92 Å². The molecule has 1 aliphatic heterocycles. The molecule has 0 aromatic rings. The van der Waals surface area contributed by atoms with Gasteiger partial charge >= 0.3 is 0 Å². The lowest BCUT2D eigenvalue weighted by molar-refractivity contribution is -0.120. The quantitative estimate of drug-likeness (QED) is 0.765. The molecule has 1 amide bonds. The third kappa shape index (κ3) is 1.87. The summed E-state index contributed by atoms with van der Waals surface area (Å²) >= 11 is 0. The average Bonchev–Trinajstić information content (AvgIpc) is 2.37. The summed E-state index contributed by atoms with van der Waals surface area (Å²) in [6.07, 6.45) is 8.22. The topological polar surface area (TPSA) is 29.1 Å². The minimum atomic E-state index is 0.132. The SMILES string of the molecule is CC(C)CC1(C)CC(=O)NC12CCCCC2. The Hall–Kier alpha value is -0.530. The maximum Gasteiger partial charge on any atom is 0.221 e. The molecule has 2 heteroatoms. The smallest absolute Gasteiger partial charge is 0.221 e. The molecule has 1 N–H and O–H groups in total. The molecule has 0 aromatic carbocycles. The van der Waals surface area contributed by atoms with Crippen LogP contribution in [0.5, 0.6) is 0 Å². The van der Waals surface area contributed by atoms with E-state index < -0.39 is 0 Å². The Balaban J connectivity index is 2.23. The van der Waals surface area contributed by atoms with Crippen LogP contribution in [0.4, 0.5) is 0 Å². The molecule has 1 heterocycles. The van der Waals surface area contributed by atoms with Gasteiger partial charge in [-0.2, -0.15) is 0 Å². The number of nitrogens with one attached hydrogen (secondary N) is 1. The number of rotatable bonds is 2. The summed E-state index contributed by atoms with van der Waals surface area (Å²) in [6, 6.07) is 0. The van der Waals surface area contributed by atoms with E-state index in [1.165, 1.54) is 38.5 Å². The molecule has 1 spiro atoms. The van der Waals surface area contributed by atoms with E-state index in [4.69, 9.17) is 0 Å². The molecule has 0 aromatic heterocycles. The zero-order valence-electron chi connectivity index (χ0n) is 10.9. The van der Waals surface area contributed by atoms with Crippen LogP contribution in [0.2, 0.25) is 0 Å². The molecule has 1 saturated heterocycles. The second kappa shape index (κ2) is 4.05. The summed E-state index contributed by atoms with van der Waals surface area (Å²) in [7, 11) is 0. The monoisotopic (exact) mass is 223 g/mol. The first-order valence-corrected chi connectivity index (χ1v) is 6.78. The minimum Gasteiger partial charge on any atom is -0.350 e. The Morgan fingerprint density at radius 1 is 1.25 bits per heavy atom. The van der Waals surface area contributed by atoms with Crippen molar-refractivity contribution in [3.8, 4) is 0 Å². The molecule has 16 heavy (non-hydrogen) atoms. The van der Waals surface area contributed by atoms with Crippen molar-refractivity contribution in [2.45, 2.75) is 71.3 Å². The number of carbonyl (C=O) groups excluding carboxylic acids is 1. The summed E-state index contributed by atoms with van der Waals surface area (Å²) in [5.41, 5.74) is 0.325. The van der Waals surface area contributed by atoms with E-state index >= 15 is 0 Å². The van der Waals surface area contributed by atoms with Crippen molar-refractivity contribution in [1.29, 1.82) is 0 Å². The molecule has 92 valence electrons. The predicted molar refractivity (Wildman–Crippen MR) is 66.1 cm³/mol. The molecule has 0 radical (unpaired) electrons. The predicted octanol–water partition coefficient (Wildman–Crippen LogP) is 3.26. The van der Waals surface area contributed by atoms with Crippen LogP contribution in [-0.2, 0) is 4.79 Å². The van der Waals surface area contributed by atoms with Crippen LogP contribution in [0.15, 0.2) is 0 Å². The van der Waals surface area contributed by atoms with Crippen LogP contribution < -0.4 is 5.32 Å². The van der Waals surface area contributed by atoms with Crippen LogP contribution >= 0.6 is 0 Å². The molecule has 2 rings (SSSR count). The second-order valence-electron chi connectivity index (χ2n) is 6.53. The van der Waals surface area contributed by atoms with Crippen LogP contribution in [-0.4, -0.2) is 11.4 Å². The van der Waals surface area contributed by atoms with Gasteiger partial charge in [0.15, 0.2) is 0 Å². The molecule has 1 saturated carbocycles. The second-order valence-corrected chi connectivity index (χ2v) is 6.53. The normalized spacial score (nSPS) is 33.4. The summed E-state index contributed by atoms with van der Waals surface area (Å²) in [6.45, 7) is 6.87. The van der Waals surface area contributed by atoms with E-state index in [0.717, 1.165) is 6.42 Å². The fraction of sp³-hybridized carbons (Fsp3) is 0.929. The number of amides is 1. The zero-order chi connectivity index (χ0) is 11.8. The lowest BCUT2D eigenvalue weighted by Crippen LogP contribution is -2.52. The lowest BCUT2D eigenvalue weighted by Gasteiger charge is -2.46. The molecule has 1 atom stereocenters. The van der Waals surface area contributed by atoms with Gasteiger partial charge in [0.25, 0.3) is 0 Å². The highest BCUT2D eigenvalue weighted by molar-refractivity contribution is 5.81. The standard InChI is InChI=1S/C14H25NO/c1-11(2)9-13(3)10-12(16)15-14(13)7-5-4-6-8-14/h11H,4-10H2,1-3H3,(H,15,16). The third-order valence-corrected chi connectivity index (χ3v) is 4.65. The van der Waals surface area contributed by atoms with Crippen molar-refractivity contribution in [3.63, 3.8) is 0 Å². The van der Waals surface area contributed by atoms with Gasteiger partial charge in [-0.25, -0.2) is 0 Å². The highest BCUT2D eigenvalue weighted by Crippen LogP contribution is 2.51. The van der Waals surface area contributed by atoms with Gasteiger partial charge in [0.05, 0.1) is 0 Å². The minimum absolute atomic E-state index is 0.132. The van der Waals surface area contributed by atoms with E-state index in [2.05, 4.69) is 26.1 Å². The first-order chi connectivity index (χ1) is 7.47. The first-order valence-electron chi connectivity index (χ1n) is 6.78. The molecule has 1 unspecified atom stereocenters. The van der Waals surface area contributed by atoms with Crippen LogP contribution in [0.1, 0.15) is 65.7 Å². The Bertz CT molecular complexity index is 278. The van der Waals surface area contributed by atoms with Crippen LogP contribution in [0.3, 0.4) is 0 Å². The highest BCUT2D eigenvalue weighted by Gasteiger charge is 2.54. The largest absolute Gasteiger partial charge is 0.350 e. The van der Waals surface area contributed by atoms with E-state index in [1.807, 2.05) is 0 Å². The Labute approximate surface area is 99.2 Å². The van der Waals surface area contributed by atoms with Gasteiger partial charge in [0.1, 0.15) is 0 Å². The summed E-state index contributed by atoms with van der Waals surface area (Å²) in [5, 5.41) is 3.33. The molecular formula is C14H25NO. The average molecular weight is 223 g/mol. The van der Waals surface area contributed by atoms with Gasteiger partial charge in [0.2, 0.25) is 5.91 Å². The lowest BCUT2D eigenvalue weighted by atomic mass is 9.62. The van der Waals surface area contributed by atoms with Crippen molar-refractivity contribution in [2.24, 2.45) is 11.3 Å². The molecule has 2 fully saturated rings. The van der Waals surface area contributed by atoms with Gasteiger partial charge in [0, 0.05) is 12.0 Å². The number of hydrogen-bond acceptors (Lipinski definition) is 1. The fourth-order valence-corrected chi connectivity index (χ4v) is 4.04. The van der Waals surface area contributed by atoms with E-state index in [1.54, 1.807) is 0 Å². The zero-order valence-corrected chi connectivity index (χ0v) is 10.9. The van der Waals surface area contributed by atoms with Crippen molar-refractivity contribution >= 4 is 5.91 Å². The maximum atomic E-state index is 11.8. The van der Waals surface area contributed by atoms with Crippen molar-refractivity contribution in [3.05, 3.63) is 0 Å². The van der Waals surface area contributed by atoms with Crippen molar-refractivity contribution in [1.82, 2.24) is 5.32 Å². The Kier molecular flexibility index (Phi) is 3.02. The molecule has 1 aliphatic carbocycles. The third-order valence-electron chi connectivity index (χ3n) is 4.65. The summed E-state index contributed by atoms with van der Waals surface area (Å²) in [5.74, 6) is 0.960. The van der Waals surface area contributed by atoms with Crippen LogP contribution in [0.25, 0.3) is 0 Å². The van der Waals surface area contributed by atoms with Crippen molar-refractivity contribution < 1.29 is 4.79 Å². The fourth-order valence-electron chi connectivity index (χ4n) is 4.04. The Morgan fingerprint density at radius 3 is 2.44 bits per heavy atom. The van der Waals surface area contributed by atoms with Gasteiger partial charge in [-0.05, 0) is 30.6 Å². The maximum absolute atomic E-state index is 11.8. The van der Waals surface area contributed by atoms with Crippen molar-refractivity contribution in [2.75, 3.05) is 0 Å². The molecule has 0 bridgehead atoms. The summed E-state index contributed by atoms with van der Waals surface area (Å²) in [4.78, 5) is 11.8. The van der Waals surface area contributed by atoms with Gasteiger partial charge in [-0.1, -0.05) is 40.0 Å². The first kappa shape index (κ1) is 11.9. The highest BCUT2D eigenvalue weighted by atomic mass is 16.2. The van der Waals surface area contributed by atoms with E-state index in [9.17, 15) is 4.79 Å². The van der Waals surface area contributed by atoms with Gasteiger partial charge in [-0.3, -0.25) is 4.79 Å². The molecular weight excluding hydrogens is 198 g/mol. The molecule has 2 nitrogen and oxygen atoms in total. The number of hydrogen-bond donors (Lipinski definition) is 1. The van der Waals surface area contributed by atoms with Gasteiger partial charge in [-0.15, -0.1) is 0 Å². The van der Waals surface area contributed by atoms with Gasteiger partial charge < -0.3 is 5.32 Å². The van der Waals surface area contributed by atoms with Crippen LogP contribution in [0, 0.1) is 11.3 Å².